The fourth-order valence-corrected chi connectivity index (χ4v) is 10.6. The molecule has 0 aliphatic carbocycles. The van der Waals surface area contributed by atoms with Gasteiger partial charge in [0, 0.05) is 13.1 Å². The Morgan fingerprint density at radius 1 is 0.902 bits per heavy atom. The van der Waals surface area contributed by atoms with Gasteiger partial charge in [-0.05, 0) is 55.1 Å². The van der Waals surface area contributed by atoms with Crippen LogP contribution in [0.5, 0.6) is 0 Å². The van der Waals surface area contributed by atoms with Crippen LogP contribution in [-0.4, -0.2) is 59.9 Å². The quantitative estimate of drug-likeness (QED) is 0.256. The van der Waals surface area contributed by atoms with Crippen LogP contribution in [0.25, 0.3) is 0 Å². The molecule has 7 heteroatoms. The van der Waals surface area contributed by atoms with Gasteiger partial charge in [-0.2, -0.15) is 5.06 Å². The minimum absolute atomic E-state index is 0.188. The van der Waals surface area contributed by atoms with Gasteiger partial charge in [0.1, 0.15) is 5.60 Å². The number of likely N-dealkylation sites (tertiary alicyclic amines) is 1. The van der Waals surface area contributed by atoms with Crippen LogP contribution in [0, 0.1) is 0 Å². The molecule has 1 aliphatic heterocycles. The highest BCUT2D eigenvalue weighted by Crippen LogP contribution is 2.40. The SMILES string of the molecule is C[C@@H]([C@@H]1C[C@@H](O[Si](c2ccccc2)(c2ccccc2)C(C)(C)C)CN1C(=O)OC(C)(C)C)N(O)Cc1ccccc1. The molecule has 0 unspecified atom stereocenters. The molecule has 6 nitrogen and oxygen atoms in total. The predicted octanol–water partition coefficient (Wildman–Crippen LogP) is 6.22. The van der Waals surface area contributed by atoms with Gasteiger partial charge >= 0.3 is 6.09 Å². The summed E-state index contributed by atoms with van der Waals surface area (Å²) in [5, 5.41) is 14.7. The first-order valence-electron chi connectivity index (χ1n) is 14.6. The highest BCUT2D eigenvalue weighted by molar-refractivity contribution is 6.99. The molecule has 4 rings (SSSR count). The minimum Gasteiger partial charge on any atom is -0.444 e. The molecule has 3 atom stereocenters. The van der Waals surface area contributed by atoms with Crippen molar-refractivity contribution >= 4 is 24.8 Å². The summed E-state index contributed by atoms with van der Waals surface area (Å²) in [6.07, 6.45) is -0.0149. The molecule has 1 saturated heterocycles. The van der Waals surface area contributed by atoms with E-state index in [9.17, 15) is 10.0 Å². The van der Waals surface area contributed by atoms with Gasteiger partial charge in [-0.1, -0.05) is 112 Å². The lowest BCUT2D eigenvalue weighted by molar-refractivity contribution is -0.145. The maximum Gasteiger partial charge on any atom is 0.410 e. The lowest BCUT2D eigenvalue weighted by atomic mass is 10.1. The molecule has 0 spiro atoms. The van der Waals surface area contributed by atoms with E-state index in [1.807, 2.05) is 70.2 Å². The van der Waals surface area contributed by atoms with Crippen molar-refractivity contribution in [3.05, 3.63) is 96.6 Å². The molecule has 0 aromatic heterocycles. The number of hydrogen-bond acceptors (Lipinski definition) is 5. The summed E-state index contributed by atoms with van der Waals surface area (Å²) in [4.78, 5) is 15.3. The van der Waals surface area contributed by atoms with Crippen LogP contribution in [0.3, 0.4) is 0 Å². The molecule has 1 fully saturated rings. The number of ether oxygens (including phenoxy) is 1. The second kappa shape index (κ2) is 12.5. The lowest BCUT2D eigenvalue weighted by Gasteiger charge is -2.44. The Hall–Kier alpha value is -2.97. The van der Waals surface area contributed by atoms with E-state index in [-0.39, 0.29) is 29.3 Å². The van der Waals surface area contributed by atoms with E-state index in [4.69, 9.17) is 9.16 Å². The average molecular weight is 575 g/mol. The van der Waals surface area contributed by atoms with Crippen LogP contribution in [-0.2, 0) is 15.7 Å². The Kier molecular flexibility index (Phi) is 9.44. The zero-order valence-electron chi connectivity index (χ0n) is 25.6. The van der Waals surface area contributed by atoms with Crippen LogP contribution < -0.4 is 10.4 Å². The Morgan fingerprint density at radius 2 is 1.39 bits per heavy atom. The molecule has 3 aromatic rings. The van der Waals surface area contributed by atoms with E-state index in [1.165, 1.54) is 15.4 Å². The Labute approximate surface area is 247 Å². The molecule has 0 bridgehead atoms. The molecular formula is C34H46N2O4Si. The first-order chi connectivity index (χ1) is 19.3. The van der Waals surface area contributed by atoms with Crippen molar-refractivity contribution in [3.63, 3.8) is 0 Å². The van der Waals surface area contributed by atoms with Gasteiger partial charge in [-0.15, -0.1) is 0 Å². The van der Waals surface area contributed by atoms with Crippen LogP contribution in [0.1, 0.15) is 60.5 Å². The van der Waals surface area contributed by atoms with Gasteiger partial charge in [0.2, 0.25) is 0 Å². The second-order valence-electron chi connectivity index (χ2n) is 13.2. The van der Waals surface area contributed by atoms with E-state index >= 15 is 0 Å². The number of benzene rings is 3. The van der Waals surface area contributed by atoms with Crippen LogP contribution in [0.4, 0.5) is 4.79 Å². The molecule has 1 N–H and O–H groups in total. The molecular weight excluding hydrogens is 528 g/mol. The lowest BCUT2D eigenvalue weighted by Crippen LogP contribution is -2.67. The standard InChI is InChI=1S/C34H46N2O4Si/c1-26(36(38)24-27-17-11-8-12-18-27)31-23-28(25-35(31)32(37)39-33(2,3)4)40-41(34(5,6)7,29-19-13-9-14-20-29)30-21-15-10-16-22-30/h8-22,26,28,31,38H,23-25H2,1-7H3/t26-,28+,31-/m0/s1. The van der Waals surface area contributed by atoms with Gasteiger partial charge in [0.15, 0.2) is 0 Å². The summed E-state index contributed by atoms with van der Waals surface area (Å²) in [5.41, 5.74) is 0.369. The summed E-state index contributed by atoms with van der Waals surface area (Å²) >= 11 is 0. The molecule has 1 aliphatic rings. The zero-order valence-corrected chi connectivity index (χ0v) is 26.6. The number of hydrogen-bond donors (Lipinski definition) is 1. The van der Waals surface area contributed by atoms with E-state index < -0.39 is 13.9 Å². The third kappa shape index (κ3) is 7.09. The third-order valence-corrected chi connectivity index (χ3v) is 13.0. The summed E-state index contributed by atoms with van der Waals surface area (Å²) in [7, 11) is -2.83. The maximum atomic E-state index is 13.6. The zero-order chi connectivity index (χ0) is 29.8. The normalized spacial score (nSPS) is 18.9. The smallest absolute Gasteiger partial charge is 0.410 e. The fraction of sp³-hybridized carbons (Fsp3) is 0.441. The minimum atomic E-state index is -2.83. The highest BCUT2D eigenvalue weighted by Gasteiger charge is 2.53. The van der Waals surface area contributed by atoms with E-state index in [0.29, 0.717) is 19.5 Å². The van der Waals surface area contributed by atoms with Crippen molar-refractivity contribution in [1.29, 1.82) is 0 Å². The number of rotatable bonds is 8. The highest BCUT2D eigenvalue weighted by atomic mass is 28.4. The fourth-order valence-electron chi connectivity index (χ4n) is 5.95. The summed E-state index contributed by atoms with van der Waals surface area (Å²) in [5.74, 6) is 0. The molecule has 0 saturated carbocycles. The van der Waals surface area contributed by atoms with Gasteiger partial charge in [-0.25, -0.2) is 4.79 Å². The number of nitrogens with zero attached hydrogens (tertiary/aromatic N) is 2. The van der Waals surface area contributed by atoms with Crippen molar-refractivity contribution in [2.75, 3.05) is 6.54 Å². The molecule has 41 heavy (non-hydrogen) atoms. The van der Waals surface area contributed by atoms with Gasteiger partial charge in [0.25, 0.3) is 8.32 Å². The molecule has 3 aromatic carbocycles. The Balaban J connectivity index is 1.70. The van der Waals surface area contributed by atoms with Gasteiger partial charge in [0.05, 0.1) is 18.2 Å². The second-order valence-corrected chi connectivity index (χ2v) is 17.4. The first-order valence-corrected chi connectivity index (χ1v) is 16.5. The molecule has 220 valence electrons. The summed E-state index contributed by atoms with van der Waals surface area (Å²) in [6.45, 7) is 15.1. The van der Waals surface area contributed by atoms with Crippen molar-refractivity contribution < 1.29 is 19.2 Å². The van der Waals surface area contributed by atoms with Gasteiger partial charge < -0.3 is 19.3 Å². The Bertz CT molecular complexity index is 1220. The van der Waals surface area contributed by atoms with Crippen molar-refractivity contribution in [3.8, 4) is 0 Å². The van der Waals surface area contributed by atoms with Crippen LogP contribution in [0.2, 0.25) is 5.04 Å². The molecule has 1 amide bonds. The largest absolute Gasteiger partial charge is 0.444 e. The Morgan fingerprint density at radius 3 is 1.85 bits per heavy atom. The monoisotopic (exact) mass is 574 g/mol. The predicted molar refractivity (Wildman–Crippen MR) is 167 cm³/mol. The van der Waals surface area contributed by atoms with E-state index in [0.717, 1.165) is 5.56 Å². The van der Waals surface area contributed by atoms with Crippen molar-refractivity contribution in [2.45, 2.75) is 90.3 Å². The summed E-state index contributed by atoms with van der Waals surface area (Å²) < 4.78 is 13.3. The van der Waals surface area contributed by atoms with Crippen molar-refractivity contribution in [1.82, 2.24) is 9.96 Å². The van der Waals surface area contributed by atoms with E-state index in [2.05, 4.69) is 69.3 Å². The van der Waals surface area contributed by atoms with E-state index in [1.54, 1.807) is 4.90 Å². The number of carbonyl (C=O) groups excluding carboxylic acids is 1. The average Bonchev–Trinajstić information content (AvgIpc) is 3.35. The van der Waals surface area contributed by atoms with Crippen LogP contribution >= 0.6 is 0 Å². The van der Waals surface area contributed by atoms with Gasteiger partial charge in [-0.3, -0.25) is 0 Å². The van der Waals surface area contributed by atoms with Crippen LogP contribution in [0.15, 0.2) is 91.0 Å². The number of hydroxylamine groups is 2. The third-order valence-electron chi connectivity index (χ3n) is 7.91. The molecule has 0 radical (unpaired) electrons. The topological polar surface area (TPSA) is 62.2 Å². The summed E-state index contributed by atoms with van der Waals surface area (Å²) in [6, 6.07) is 30.4. The molecule has 1 heterocycles. The number of carbonyl (C=O) groups is 1. The first kappa shape index (κ1) is 31.0. The van der Waals surface area contributed by atoms with Crippen molar-refractivity contribution in [2.24, 2.45) is 0 Å². The number of amides is 1. The maximum absolute atomic E-state index is 13.6.